The largest absolute Gasteiger partial charge is 0.497 e. The van der Waals surface area contributed by atoms with Crippen molar-refractivity contribution in [1.82, 2.24) is 4.90 Å². The number of methoxy groups -OCH3 is 1. The highest BCUT2D eigenvalue weighted by atomic mass is 16.5. The van der Waals surface area contributed by atoms with E-state index in [-0.39, 0.29) is 18.6 Å². The molecule has 1 heterocycles. The van der Waals surface area contributed by atoms with Gasteiger partial charge in [-0.2, -0.15) is 0 Å². The Morgan fingerprint density at radius 1 is 1.17 bits per heavy atom. The molecule has 0 aromatic heterocycles. The molecule has 0 bridgehead atoms. The summed E-state index contributed by atoms with van der Waals surface area (Å²) >= 11 is 0. The van der Waals surface area contributed by atoms with Gasteiger partial charge in [-0.25, -0.2) is 0 Å². The number of nitrogens with zero attached hydrogens (tertiary/aromatic N) is 2. The molecule has 0 radical (unpaired) electrons. The standard InChI is InChI=1S/C18H26N2O3/c1-23-16-9-7-13(8-10-16)18-17(19-22)14(12-21)11-20(18)15-5-3-2-4-6-15/h7-10,14-15,18,21-22H,2-6,11-12H2,1H3/b19-17+/t14-,18-/m0/s1. The average Bonchev–Trinajstić information content (AvgIpc) is 3.01. The van der Waals surface area contributed by atoms with E-state index in [1.54, 1.807) is 7.11 Å². The molecule has 5 nitrogen and oxygen atoms in total. The molecule has 1 aliphatic heterocycles. The van der Waals surface area contributed by atoms with Crippen molar-refractivity contribution >= 4 is 5.71 Å². The van der Waals surface area contributed by atoms with Crippen LogP contribution in [0.5, 0.6) is 5.75 Å². The first-order chi connectivity index (χ1) is 11.3. The van der Waals surface area contributed by atoms with Crippen molar-refractivity contribution in [3.05, 3.63) is 29.8 Å². The summed E-state index contributed by atoms with van der Waals surface area (Å²) in [6.07, 6.45) is 6.19. The maximum absolute atomic E-state index is 9.69. The molecule has 0 unspecified atom stereocenters. The number of ether oxygens (including phenoxy) is 1. The number of hydrogen-bond donors (Lipinski definition) is 2. The Kier molecular flexibility index (Phi) is 5.18. The zero-order valence-electron chi connectivity index (χ0n) is 13.7. The molecule has 5 heteroatoms. The number of aliphatic hydroxyl groups is 1. The first kappa shape index (κ1) is 16.3. The summed E-state index contributed by atoms with van der Waals surface area (Å²) in [7, 11) is 1.65. The van der Waals surface area contributed by atoms with E-state index in [0.29, 0.717) is 11.8 Å². The number of likely N-dealkylation sites (tertiary alicyclic amines) is 1. The molecule has 3 rings (SSSR count). The van der Waals surface area contributed by atoms with Crippen LogP contribution in [0.25, 0.3) is 0 Å². The Balaban J connectivity index is 1.92. The highest BCUT2D eigenvalue weighted by Gasteiger charge is 2.42. The maximum atomic E-state index is 9.69. The molecule has 1 aliphatic carbocycles. The van der Waals surface area contributed by atoms with Crippen LogP contribution in [-0.2, 0) is 0 Å². The van der Waals surface area contributed by atoms with E-state index in [2.05, 4.69) is 10.1 Å². The Morgan fingerprint density at radius 3 is 2.43 bits per heavy atom. The lowest BCUT2D eigenvalue weighted by Crippen LogP contribution is -2.37. The topological polar surface area (TPSA) is 65.3 Å². The third kappa shape index (κ3) is 3.21. The minimum Gasteiger partial charge on any atom is -0.497 e. The zero-order chi connectivity index (χ0) is 16.2. The third-order valence-corrected chi connectivity index (χ3v) is 5.27. The summed E-state index contributed by atoms with van der Waals surface area (Å²) in [5, 5.41) is 22.8. The smallest absolute Gasteiger partial charge is 0.118 e. The second-order valence-electron chi connectivity index (χ2n) is 6.57. The van der Waals surface area contributed by atoms with Crippen LogP contribution in [0.1, 0.15) is 43.7 Å². The van der Waals surface area contributed by atoms with E-state index in [9.17, 15) is 10.3 Å². The van der Waals surface area contributed by atoms with Crippen molar-refractivity contribution in [3.8, 4) is 5.75 Å². The molecular weight excluding hydrogens is 292 g/mol. The number of benzene rings is 1. The summed E-state index contributed by atoms with van der Waals surface area (Å²) in [5.41, 5.74) is 1.78. The molecule has 1 saturated heterocycles. The first-order valence-corrected chi connectivity index (χ1v) is 8.51. The fraction of sp³-hybridized carbons (Fsp3) is 0.611. The number of hydrogen-bond acceptors (Lipinski definition) is 5. The molecule has 2 N–H and O–H groups in total. The Hall–Kier alpha value is -1.59. The van der Waals surface area contributed by atoms with Crippen LogP contribution in [0, 0.1) is 5.92 Å². The van der Waals surface area contributed by atoms with Crippen LogP contribution >= 0.6 is 0 Å². The van der Waals surface area contributed by atoms with Gasteiger partial charge < -0.3 is 15.1 Å². The third-order valence-electron chi connectivity index (χ3n) is 5.27. The molecule has 2 atom stereocenters. The van der Waals surface area contributed by atoms with E-state index in [0.717, 1.165) is 17.9 Å². The van der Waals surface area contributed by atoms with Crippen molar-refractivity contribution in [2.75, 3.05) is 20.3 Å². The Bertz CT molecular complexity index is 538. The van der Waals surface area contributed by atoms with Crippen molar-refractivity contribution in [2.24, 2.45) is 11.1 Å². The lowest BCUT2D eigenvalue weighted by molar-refractivity contribution is 0.138. The molecule has 0 spiro atoms. The van der Waals surface area contributed by atoms with Crippen LogP contribution in [0.2, 0.25) is 0 Å². The van der Waals surface area contributed by atoms with Gasteiger partial charge in [0, 0.05) is 18.5 Å². The summed E-state index contributed by atoms with van der Waals surface area (Å²) in [6.45, 7) is 0.784. The van der Waals surface area contributed by atoms with Gasteiger partial charge in [0.2, 0.25) is 0 Å². The molecule has 2 fully saturated rings. The fourth-order valence-electron chi connectivity index (χ4n) is 4.06. The van der Waals surface area contributed by atoms with Gasteiger partial charge in [-0.3, -0.25) is 4.90 Å². The summed E-state index contributed by atoms with van der Waals surface area (Å²) in [4.78, 5) is 2.43. The van der Waals surface area contributed by atoms with Crippen LogP contribution in [0.3, 0.4) is 0 Å². The van der Waals surface area contributed by atoms with Gasteiger partial charge in [0.25, 0.3) is 0 Å². The highest BCUT2D eigenvalue weighted by Crippen LogP contribution is 2.38. The lowest BCUT2D eigenvalue weighted by Gasteiger charge is -2.35. The second-order valence-corrected chi connectivity index (χ2v) is 6.57. The normalized spacial score (nSPS) is 28.3. The van der Waals surface area contributed by atoms with Gasteiger partial charge in [0.1, 0.15) is 5.75 Å². The van der Waals surface area contributed by atoms with E-state index >= 15 is 0 Å². The van der Waals surface area contributed by atoms with E-state index in [1.165, 1.54) is 32.1 Å². The molecular formula is C18H26N2O3. The summed E-state index contributed by atoms with van der Waals surface area (Å²) in [5.74, 6) is 0.728. The minimum absolute atomic E-state index is 0.0231. The summed E-state index contributed by atoms with van der Waals surface area (Å²) < 4.78 is 5.24. The SMILES string of the molecule is COc1ccc([C@H]2/C(=N/O)[C@H](CO)CN2C2CCCCC2)cc1. The Morgan fingerprint density at radius 2 is 1.87 bits per heavy atom. The van der Waals surface area contributed by atoms with E-state index in [4.69, 9.17) is 4.74 Å². The number of aliphatic hydroxyl groups excluding tert-OH is 1. The molecule has 1 aromatic carbocycles. The van der Waals surface area contributed by atoms with Crippen LogP contribution in [0.15, 0.2) is 29.4 Å². The number of oxime groups is 1. The molecule has 126 valence electrons. The van der Waals surface area contributed by atoms with Crippen molar-refractivity contribution < 1.29 is 15.1 Å². The van der Waals surface area contributed by atoms with Gasteiger partial charge in [-0.15, -0.1) is 0 Å². The van der Waals surface area contributed by atoms with Gasteiger partial charge in [0.05, 0.1) is 25.5 Å². The van der Waals surface area contributed by atoms with E-state index in [1.807, 2.05) is 24.3 Å². The van der Waals surface area contributed by atoms with Crippen molar-refractivity contribution in [2.45, 2.75) is 44.2 Å². The quantitative estimate of drug-likeness (QED) is 0.662. The van der Waals surface area contributed by atoms with Crippen molar-refractivity contribution in [3.63, 3.8) is 0 Å². The van der Waals surface area contributed by atoms with Crippen molar-refractivity contribution in [1.29, 1.82) is 0 Å². The lowest BCUT2D eigenvalue weighted by atomic mass is 9.92. The molecule has 1 saturated carbocycles. The highest BCUT2D eigenvalue weighted by molar-refractivity contribution is 5.94. The van der Waals surface area contributed by atoms with Gasteiger partial charge in [-0.1, -0.05) is 36.6 Å². The van der Waals surface area contributed by atoms with Crippen LogP contribution in [0.4, 0.5) is 0 Å². The fourth-order valence-corrected chi connectivity index (χ4v) is 4.06. The molecule has 2 aliphatic rings. The molecule has 1 aromatic rings. The monoisotopic (exact) mass is 318 g/mol. The average molecular weight is 318 g/mol. The first-order valence-electron chi connectivity index (χ1n) is 8.51. The summed E-state index contributed by atoms with van der Waals surface area (Å²) in [6, 6.07) is 8.40. The van der Waals surface area contributed by atoms with Crippen LogP contribution in [-0.4, -0.2) is 47.2 Å². The number of rotatable bonds is 4. The zero-order valence-corrected chi connectivity index (χ0v) is 13.7. The second kappa shape index (κ2) is 7.32. The van der Waals surface area contributed by atoms with Gasteiger partial charge in [0.15, 0.2) is 0 Å². The molecule has 0 amide bonds. The Labute approximate surface area is 137 Å². The van der Waals surface area contributed by atoms with Gasteiger partial charge >= 0.3 is 0 Å². The maximum Gasteiger partial charge on any atom is 0.118 e. The minimum atomic E-state index is -0.0889. The van der Waals surface area contributed by atoms with Gasteiger partial charge in [-0.05, 0) is 30.5 Å². The van der Waals surface area contributed by atoms with Crippen LogP contribution < -0.4 is 4.74 Å². The van der Waals surface area contributed by atoms with E-state index < -0.39 is 0 Å². The molecule has 23 heavy (non-hydrogen) atoms. The predicted octanol–water partition coefficient (Wildman–Crippen LogP) is 2.82. The predicted molar refractivity (Wildman–Crippen MR) is 89.1 cm³/mol.